The molecule has 1 N–H and O–H groups in total. The van der Waals surface area contributed by atoms with Gasteiger partial charge in [0.05, 0.1) is 24.0 Å². The van der Waals surface area contributed by atoms with Crippen LogP contribution in [0.2, 0.25) is 0 Å². The minimum atomic E-state index is 0.0129. The molecule has 1 aliphatic rings. The average Bonchev–Trinajstić information content (AvgIpc) is 3.22. The Bertz CT molecular complexity index is 960. The number of amides is 1. The predicted molar refractivity (Wildman–Crippen MR) is 124 cm³/mol. The van der Waals surface area contributed by atoms with Crippen LogP contribution in [0.1, 0.15) is 46.9 Å². The molecule has 0 unspecified atom stereocenters. The molecular weight excluding hydrogens is 384 g/mol. The summed E-state index contributed by atoms with van der Waals surface area (Å²) in [5.74, 6) is 0.0129. The van der Waals surface area contributed by atoms with E-state index in [2.05, 4.69) is 64.7 Å². The number of likely N-dealkylation sites (tertiary alicyclic amines) is 1. The average molecular weight is 417 g/mol. The Kier molecular flexibility index (Phi) is 7.15. The van der Waals surface area contributed by atoms with E-state index >= 15 is 0 Å². The highest BCUT2D eigenvalue weighted by atomic mass is 16.1. The van der Waals surface area contributed by atoms with Crippen LogP contribution in [-0.4, -0.2) is 46.3 Å². The maximum absolute atomic E-state index is 13.0. The molecule has 3 aromatic rings. The SMILES string of the molecule is CCc1c(C(=O)NC2CCN(CCc3ccccc3)CC2)cnn1Cc1ccccc1. The van der Waals surface area contributed by atoms with Crippen LogP contribution in [-0.2, 0) is 19.4 Å². The number of hydrogen-bond acceptors (Lipinski definition) is 3. The number of nitrogens with zero attached hydrogens (tertiary/aromatic N) is 3. The molecule has 2 aromatic carbocycles. The summed E-state index contributed by atoms with van der Waals surface area (Å²) in [6.07, 6.45) is 5.60. The maximum Gasteiger partial charge on any atom is 0.254 e. The third-order valence-corrected chi connectivity index (χ3v) is 6.19. The fourth-order valence-electron chi connectivity index (χ4n) is 4.36. The number of hydrogen-bond donors (Lipinski definition) is 1. The van der Waals surface area contributed by atoms with E-state index < -0.39 is 0 Å². The van der Waals surface area contributed by atoms with Crippen LogP contribution in [0.25, 0.3) is 0 Å². The van der Waals surface area contributed by atoms with E-state index in [-0.39, 0.29) is 11.9 Å². The molecule has 1 amide bonds. The van der Waals surface area contributed by atoms with Crippen LogP contribution >= 0.6 is 0 Å². The van der Waals surface area contributed by atoms with E-state index in [0.29, 0.717) is 12.1 Å². The Morgan fingerprint density at radius 2 is 1.65 bits per heavy atom. The van der Waals surface area contributed by atoms with Gasteiger partial charge >= 0.3 is 0 Å². The largest absolute Gasteiger partial charge is 0.349 e. The Balaban J connectivity index is 1.29. The molecule has 1 saturated heterocycles. The van der Waals surface area contributed by atoms with Gasteiger partial charge < -0.3 is 10.2 Å². The summed E-state index contributed by atoms with van der Waals surface area (Å²) < 4.78 is 1.95. The lowest BCUT2D eigenvalue weighted by Gasteiger charge is -2.32. The van der Waals surface area contributed by atoms with E-state index in [9.17, 15) is 4.79 Å². The topological polar surface area (TPSA) is 50.2 Å². The number of piperidine rings is 1. The number of aromatic nitrogens is 2. The zero-order valence-corrected chi connectivity index (χ0v) is 18.3. The van der Waals surface area contributed by atoms with Crippen molar-refractivity contribution in [2.24, 2.45) is 0 Å². The maximum atomic E-state index is 13.0. The first-order valence-electron chi connectivity index (χ1n) is 11.4. The van der Waals surface area contributed by atoms with Crippen LogP contribution in [0, 0.1) is 0 Å². The lowest BCUT2D eigenvalue weighted by molar-refractivity contribution is 0.0910. The first kappa shape index (κ1) is 21.3. The molecule has 0 aliphatic carbocycles. The normalized spacial score (nSPS) is 15.1. The van der Waals surface area contributed by atoms with Gasteiger partial charge in [-0.05, 0) is 36.8 Å². The highest BCUT2D eigenvalue weighted by Gasteiger charge is 2.23. The number of nitrogens with one attached hydrogen (secondary N) is 1. The Morgan fingerprint density at radius 1 is 1.00 bits per heavy atom. The van der Waals surface area contributed by atoms with E-state index in [0.717, 1.165) is 51.0 Å². The molecule has 5 heteroatoms. The van der Waals surface area contributed by atoms with E-state index in [1.165, 1.54) is 11.1 Å². The van der Waals surface area contributed by atoms with Gasteiger partial charge in [0, 0.05) is 25.7 Å². The predicted octanol–water partition coefficient (Wildman–Crippen LogP) is 3.93. The van der Waals surface area contributed by atoms with Gasteiger partial charge in [-0.1, -0.05) is 67.6 Å². The molecule has 1 aliphatic heterocycles. The molecule has 2 heterocycles. The number of carbonyl (C=O) groups is 1. The smallest absolute Gasteiger partial charge is 0.254 e. The Hall–Kier alpha value is -2.92. The fourth-order valence-corrected chi connectivity index (χ4v) is 4.36. The molecule has 162 valence electrons. The Morgan fingerprint density at radius 3 is 2.29 bits per heavy atom. The first-order valence-corrected chi connectivity index (χ1v) is 11.4. The molecule has 31 heavy (non-hydrogen) atoms. The zero-order chi connectivity index (χ0) is 21.5. The van der Waals surface area contributed by atoms with Crippen molar-refractivity contribution in [3.63, 3.8) is 0 Å². The van der Waals surface area contributed by atoms with Crippen LogP contribution in [0.15, 0.2) is 66.9 Å². The molecule has 1 fully saturated rings. The lowest BCUT2D eigenvalue weighted by Crippen LogP contribution is -2.45. The molecule has 0 atom stereocenters. The van der Waals surface area contributed by atoms with Crippen molar-refractivity contribution in [3.8, 4) is 0 Å². The first-order chi connectivity index (χ1) is 15.2. The summed E-state index contributed by atoms with van der Waals surface area (Å²) in [6.45, 7) is 5.92. The highest BCUT2D eigenvalue weighted by molar-refractivity contribution is 5.95. The second-order valence-electron chi connectivity index (χ2n) is 8.33. The Labute approximate surface area is 185 Å². The summed E-state index contributed by atoms with van der Waals surface area (Å²) in [7, 11) is 0. The number of carbonyl (C=O) groups excluding carboxylic acids is 1. The van der Waals surface area contributed by atoms with Crippen molar-refractivity contribution in [2.45, 2.75) is 45.2 Å². The van der Waals surface area contributed by atoms with Crippen LogP contribution in [0.4, 0.5) is 0 Å². The third kappa shape index (κ3) is 5.61. The van der Waals surface area contributed by atoms with Gasteiger partial charge in [0.1, 0.15) is 0 Å². The van der Waals surface area contributed by atoms with E-state index in [1.54, 1.807) is 6.20 Å². The minimum Gasteiger partial charge on any atom is -0.349 e. The molecular formula is C26H32N4O. The number of rotatable bonds is 8. The van der Waals surface area contributed by atoms with Crippen LogP contribution in [0.3, 0.4) is 0 Å². The van der Waals surface area contributed by atoms with Crippen molar-refractivity contribution in [1.82, 2.24) is 20.0 Å². The van der Waals surface area contributed by atoms with E-state index in [4.69, 9.17) is 0 Å². The van der Waals surface area contributed by atoms with Gasteiger partial charge in [0.15, 0.2) is 0 Å². The molecule has 4 rings (SSSR count). The fraction of sp³-hybridized carbons (Fsp3) is 0.385. The van der Waals surface area contributed by atoms with Gasteiger partial charge in [-0.25, -0.2) is 0 Å². The lowest BCUT2D eigenvalue weighted by atomic mass is 10.0. The monoisotopic (exact) mass is 416 g/mol. The highest BCUT2D eigenvalue weighted by Crippen LogP contribution is 2.16. The van der Waals surface area contributed by atoms with E-state index in [1.807, 2.05) is 22.9 Å². The molecule has 1 aromatic heterocycles. The molecule has 0 radical (unpaired) electrons. The minimum absolute atomic E-state index is 0.0129. The molecule has 0 saturated carbocycles. The summed E-state index contributed by atoms with van der Waals surface area (Å²) in [6, 6.07) is 21.1. The molecule has 0 spiro atoms. The van der Waals surface area contributed by atoms with Gasteiger partial charge in [-0.2, -0.15) is 5.10 Å². The summed E-state index contributed by atoms with van der Waals surface area (Å²) in [5.41, 5.74) is 4.29. The van der Waals surface area contributed by atoms with Gasteiger partial charge in [0.25, 0.3) is 5.91 Å². The second-order valence-corrected chi connectivity index (χ2v) is 8.33. The summed E-state index contributed by atoms with van der Waals surface area (Å²) in [5, 5.41) is 7.77. The van der Waals surface area contributed by atoms with Crippen LogP contribution < -0.4 is 5.32 Å². The van der Waals surface area contributed by atoms with Crippen molar-refractivity contribution in [2.75, 3.05) is 19.6 Å². The molecule has 0 bridgehead atoms. The van der Waals surface area contributed by atoms with Gasteiger partial charge in [-0.3, -0.25) is 9.48 Å². The quantitative estimate of drug-likeness (QED) is 0.605. The van der Waals surface area contributed by atoms with Gasteiger partial charge in [0.2, 0.25) is 0 Å². The second kappa shape index (κ2) is 10.4. The van der Waals surface area contributed by atoms with Crippen molar-refractivity contribution < 1.29 is 4.79 Å². The summed E-state index contributed by atoms with van der Waals surface area (Å²) in [4.78, 5) is 15.5. The molecule has 5 nitrogen and oxygen atoms in total. The van der Waals surface area contributed by atoms with Crippen molar-refractivity contribution in [3.05, 3.63) is 89.2 Å². The number of benzene rings is 2. The standard InChI is InChI=1S/C26H32N4O/c1-2-25-24(19-27-30(25)20-22-11-7-4-8-12-22)26(31)28-23-14-17-29(18-15-23)16-13-21-9-5-3-6-10-21/h3-12,19,23H,2,13-18,20H2,1H3,(H,28,31). The van der Waals surface area contributed by atoms with Gasteiger partial charge in [-0.15, -0.1) is 0 Å². The van der Waals surface area contributed by atoms with Crippen molar-refractivity contribution >= 4 is 5.91 Å². The summed E-state index contributed by atoms with van der Waals surface area (Å²) >= 11 is 0. The zero-order valence-electron chi connectivity index (χ0n) is 18.3. The van der Waals surface area contributed by atoms with Crippen molar-refractivity contribution in [1.29, 1.82) is 0 Å². The third-order valence-electron chi connectivity index (χ3n) is 6.19. The van der Waals surface area contributed by atoms with Crippen LogP contribution in [0.5, 0.6) is 0 Å².